The van der Waals surface area contributed by atoms with Crippen molar-refractivity contribution in [1.29, 1.82) is 0 Å². The Hall–Kier alpha value is -2.25. The van der Waals surface area contributed by atoms with Crippen LogP contribution in [0.15, 0.2) is 36.8 Å². The topological polar surface area (TPSA) is 74.2 Å². The number of nitrogens with zero attached hydrogens (tertiary/aromatic N) is 5. The quantitative estimate of drug-likeness (QED) is 0.907. The van der Waals surface area contributed by atoms with Crippen LogP contribution in [0, 0.1) is 0 Å². The number of hydrogen-bond donors (Lipinski definition) is 1. The van der Waals surface area contributed by atoms with Gasteiger partial charge in [-0.15, -0.1) is 0 Å². The van der Waals surface area contributed by atoms with Crippen LogP contribution in [0.3, 0.4) is 0 Å². The second kappa shape index (κ2) is 7.55. The molecule has 0 aromatic carbocycles. The van der Waals surface area contributed by atoms with E-state index in [9.17, 15) is 4.79 Å². The summed E-state index contributed by atoms with van der Waals surface area (Å²) in [7, 11) is 0. The molecule has 0 spiro atoms. The summed E-state index contributed by atoms with van der Waals surface area (Å²) in [6.07, 6.45) is 4.99. The third kappa shape index (κ3) is 3.98. The van der Waals surface area contributed by atoms with Crippen LogP contribution in [0.25, 0.3) is 0 Å². The van der Waals surface area contributed by atoms with Crippen molar-refractivity contribution in [3.63, 3.8) is 0 Å². The number of hydrogen-bond acceptors (Lipinski definition) is 6. The Balaban J connectivity index is 1.53. The molecule has 24 heavy (non-hydrogen) atoms. The highest BCUT2D eigenvalue weighted by molar-refractivity contribution is 6.30. The lowest BCUT2D eigenvalue weighted by Gasteiger charge is -2.37. The van der Waals surface area contributed by atoms with E-state index in [1.54, 1.807) is 30.6 Å². The van der Waals surface area contributed by atoms with E-state index in [-0.39, 0.29) is 11.9 Å². The summed E-state index contributed by atoms with van der Waals surface area (Å²) in [5.74, 6) is 1.17. The summed E-state index contributed by atoms with van der Waals surface area (Å²) < 4.78 is 0. The molecule has 3 rings (SSSR count). The molecule has 8 heteroatoms. The highest BCUT2D eigenvalue weighted by atomic mass is 35.5. The van der Waals surface area contributed by atoms with Crippen LogP contribution in [0.5, 0.6) is 0 Å². The van der Waals surface area contributed by atoms with Crippen molar-refractivity contribution in [3.05, 3.63) is 41.8 Å². The minimum absolute atomic E-state index is 0.0748. The van der Waals surface area contributed by atoms with E-state index in [1.807, 2.05) is 6.92 Å². The van der Waals surface area contributed by atoms with Gasteiger partial charge in [-0.2, -0.15) is 0 Å². The van der Waals surface area contributed by atoms with Crippen LogP contribution in [0.4, 0.5) is 11.8 Å². The van der Waals surface area contributed by atoms with Crippen molar-refractivity contribution < 1.29 is 4.79 Å². The van der Waals surface area contributed by atoms with Crippen LogP contribution >= 0.6 is 11.6 Å². The average molecular weight is 347 g/mol. The summed E-state index contributed by atoms with van der Waals surface area (Å²) >= 11 is 5.80. The fraction of sp³-hybridized carbons (Fsp3) is 0.375. The van der Waals surface area contributed by atoms with Crippen LogP contribution in [0.2, 0.25) is 5.02 Å². The van der Waals surface area contributed by atoms with Gasteiger partial charge < -0.3 is 10.2 Å². The van der Waals surface area contributed by atoms with Gasteiger partial charge in [0.2, 0.25) is 11.9 Å². The second-order valence-corrected chi connectivity index (χ2v) is 6.04. The van der Waals surface area contributed by atoms with E-state index >= 15 is 0 Å². The molecule has 0 unspecified atom stereocenters. The lowest BCUT2D eigenvalue weighted by atomic mass is 10.2. The molecule has 1 saturated heterocycles. The Morgan fingerprint density at radius 3 is 2.50 bits per heavy atom. The molecule has 126 valence electrons. The van der Waals surface area contributed by atoms with Gasteiger partial charge in [0.15, 0.2) is 0 Å². The third-order valence-electron chi connectivity index (χ3n) is 4.06. The molecule has 1 N–H and O–H groups in total. The predicted octanol–water partition coefficient (Wildman–Crippen LogP) is 1.67. The molecule has 7 nitrogen and oxygen atoms in total. The first-order valence-electron chi connectivity index (χ1n) is 7.82. The largest absolute Gasteiger partial charge is 0.338 e. The summed E-state index contributed by atoms with van der Waals surface area (Å²) in [6, 6.07) is 4.96. The Morgan fingerprint density at radius 1 is 1.17 bits per heavy atom. The normalized spacial score (nSPS) is 16.7. The van der Waals surface area contributed by atoms with Crippen molar-refractivity contribution in [2.75, 3.05) is 36.4 Å². The Kier molecular flexibility index (Phi) is 5.22. The van der Waals surface area contributed by atoms with E-state index in [2.05, 4.69) is 30.1 Å². The molecule has 2 aromatic heterocycles. The van der Waals surface area contributed by atoms with Crippen LogP contribution in [-0.4, -0.2) is 58.0 Å². The first-order valence-corrected chi connectivity index (χ1v) is 8.20. The maximum absolute atomic E-state index is 12.4. The van der Waals surface area contributed by atoms with Gasteiger partial charge in [-0.25, -0.2) is 15.0 Å². The lowest BCUT2D eigenvalue weighted by molar-refractivity contribution is -0.120. The zero-order valence-electron chi connectivity index (χ0n) is 13.4. The number of halogens is 1. The van der Waals surface area contributed by atoms with Crippen molar-refractivity contribution in [3.8, 4) is 0 Å². The van der Waals surface area contributed by atoms with Gasteiger partial charge in [0.1, 0.15) is 5.82 Å². The summed E-state index contributed by atoms with van der Waals surface area (Å²) in [4.78, 5) is 29.3. The number of carbonyl (C=O) groups excluding carboxylic acids is 1. The fourth-order valence-electron chi connectivity index (χ4n) is 2.61. The van der Waals surface area contributed by atoms with Gasteiger partial charge in [0, 0.05) is 44.8 Å². The molecule has 1 atom stereocenters. The molecule has 0 saturated carbocycles. The summed E-state index contributed by atoms with van der Waals surface area (Å²) in [6.45, 7) is 5.05. The Morgan fingerprint density at radius 2 is 1.88 bits per heavy atom. The van der Waals surface area contributed by atoms with Gasteiger partial charge in [0.05, 0.1) is 11.1 Å². The van der Waals surface area contributed by atoms with Crippen LogP contribution in [0.1, 0.15) is 6.92 Å². The number of nitrogens with one attached hydrogen (secondary N) is 1. The van der Waals surface area contributed by atoms with Gasteiger partial charge in [-0.1, -0.05) is 11.6 Å². The first-order chi connectivity index (χ1) is 11.6. The second-order valence-electron chi connectivity index (χ2n) is 5.60. The van der Waals surface area contributed by atoms with Gasteiger partial charge in [-0.05, 0) is 25.1 Å². The average Bonchev–Trinajstić information content (AvgIpc) is 2.64. The maximum Gasteiger partial charge on any atom is 0.242 e. The van der Waals surface area contributed by atoms with E-state index < -0.39 is 0 Å². The lowest BCUT2D eigenvalue weighted by Crippen LogP contribution is -2.53. The monoisotopic (exact) mass is 346 g/mol. The summed E-state index contributed by atoms with van der Waals surface area (Å²) in [5, 5.41) is 3.36. The number of piperazine rings is 1. The SMILES string of the molecule is C[C@@H](C(=O)Nc1ccc(Cl)cn1)N1CCN(c2ncccn2)CC1. The fourth-order valence-corrected chi connectivity index (χ4v) is 2.72. The standard InChI is InChI=1S/C16H19ClN6O/c1-12(15(24)21-14-4-3-13(17)11-20-14)22-7-9-23(10-8-22)16-18-5-2-6-19-16/h2-6,11-12H,7-10H2,1H3,(H,20,21,24)/t12-/m0/s1. The number of anilines is 2. The number of aromatic nitrogens is 3. The maximum atomic E-state index is 12.4. The van der Waals surface area contributed by atoms with Gasteiger partial charge in [0.25, 0.3) is 0 Å². The Bertz CT molecular complexity index is 673. The molecule has 3 heterocycles. The van der Waals surface area contributed by atoms with Gasteiger partial charge >= 0.3 is 0 Å². The summed E-state index contributed by atoms with van der Waals surface area (Å²) in [5.41, 5.74) is 0. The van der Waals surface area contributed by atoms with Crippen molar-refractivity contribution in [2.24, 2.45) is 0 Å². The van der Waals surface area contributed by atoms with E-state index in [0.29, 0.717) is 10.8 Å². The van der Waals surface area contributed by atoms with E-state index in [4.69, 9.17) is 11.6 Å². The minimum atomic E-state index is -0.235. The van der Waals surface area contributed by atoms with Crippen LogP contribution < -0.4 is 10.2 Å². The molecule has 2 aromatic rings. The smallest absolute Gasteiger partial charge is 0.242 e. The van der Waals surface area contributed by atoms with Gasteiger partial charge in [-0.3, -0.25) is 9.69 Å². The molecule has 1 aliphatic heterocycles. The molecular weight excluding hydrogens is 328 g/mol. The highest BCUT2D eigenvalue weighted by Crippen LogP contribution is 2.14. The highest BCUT2D eigenvalue weighted by Gasteiger charge is 2.26. The van der Waals surface area contributed by atoms with Crippen molar-refractivity contribution in [2.45, 2.75) is 13.0 Å². The molecule has 1 fully saturated rings. The number of pyridine rings is 1. The number of rotatable bonds is 4. The molecule has 1 aliphatic rings. The van der Waals surface area contributed by atoms with Crippen LogP contribution in [-0.2, 0) is 4.79 Å². The molecule has 0 aliphatic carbocycles. The molecular formula is C16H19ClN6O. The molecule has 1 amide bonds. The Labute approximate surface area is 145 Å². The molecule has 0 radical (unpaired) electrons. The molecule has 0 bridgehead atoms. The number of carbonyl (C=O) groups is 1. The van der Waals surface area contributed by atoms with Crippen molar-refractivity contribution in [1.82, 2.24) is 19.9 Å². The van der Waals surface area contributed by atoms with E-state index in [1.165, 1.54) is 6.20 Å². The predicted molar refractivity (Wildman–Crippen MR) is 93.2 cm³/mol. The first kappa shape index (κ1) is 16.6. The third-order valence-corrected chi connectivity index (χ3v) is 4.28. The zero-order chi connectivity index (χ0) is 16.9. The van der Waals surface area contributed by atoms with Crippen molar-refractivity contribution >= 4 is 29.3 Å². The zero-order valence-corrected chi connectivity index (χ0v) is 14.1. The van der Waals surface area contributed by atoms with E-state index in [0.717, 1.165) is 32.1 Å². The minimum Gasteiger partial charge on any atom is -0.338 e. The number of amides is 1.